The SMILES string of the molecule is Cc1cccc(Oc2cc3[nH]c(=S)[nH]c3cc2Cl)c1Cl. The average Bonchev–Trinajstić information content (AvgIpc) is 2.74. The third kappa shape index (κ3) is 2.42. The zero-order valence-corrected chi connectivity index (χ0v) is 12.8. The molecule has 1 heterocycles. The quantitative estimate of drug-likeness (QED) is 0.599. The van der Waals surface area contributed by atoms with Gasteiger partial charge in [0.25, 0.3) is 0 Å². The van der Waals surface area contributed by atoms with E-state index in [1.54, 1.807) is 18.2 Å². The van der Waals surface area contributed by atoms with E-state index in [2.05, 4.69) is 9.97 Å². The molecule has 1 aromatic heterocycles. The maximum absolute atomic E-state index is 6.22. The maximum Gasteiger partial charge on any atom is 0.175 e. The van der Waals surface area contributed by atoms with Crippen LogP contribution in [-0.4, -0.2) is 9.97 Å². The highest BCUT2D eigenvalue weighted by Crippen LogP contribution is 2.36. The molecule has 0 fully saturated rings. The van der Waals surface area contributed by atoms with Crippen LogP contribution in [-0.2, 0) is 0 Å². The van der Waals surface area contributed by atoms with Gasteiger partial charge >= 0.3 is 0 Å². The molecular weight excluding hydrogens is 315 g/mol. The van der Waals surface area contributed by atoms with Crippen LogP contribution >= 0.6 is 35.4 Å². The van der Waals surface area contributed by atoms with Gasteiger partial charge < -0.3 is 14.7 Å². The minimum Gasteiger partial charge on any atom is -0.454 e. The van der Waals surface area contributed by atoms with Gasteiger partial charge in [0.15, 0.2) is 4.77 Å². The molecule has 0 unspecified atom stereocenters. The van der Waals surface area contributed by atoms with E-state index in [0.29, 0.717) is 26.3 Å². The van der Waals surface area contributed by atoms with E-state index in [-0.39, 0.29) is 0 Å². The lowest BCUT2D eigenvalue weighted by molar-refractivity contribution is 0.483. The molecule has 0 saturated heterocycles. The Morgan fingerprint density at radius 3 is 2.50 bits per heavy atom. The molecule has 0 aliphatic heterocycles. The van der Waals surface area contributed by atoms with Gasteiger partial charge in [-0.3, -0.25) is 0 Å². The number of nitrogens with one attached hydrogen (secondary N) is 2. The van der Waals surface area contributed by atoms with Crippen molar-refractivity contribution >= 4 is 46.5 Å². The average molecular weight is 325 g/mol. The first-order chi connectivity index (χ1) is 9.54. The summed E-state index contributed by atoms with van der Waals surface area (Å²) in [5, 5.41) is 1.06. The molecule has 3 nitrogen and oxygen atoms in total. The van der Waals surface area contributed by atoms with Crippen LogP contribution in [0.15, 0.2) is 30.3 Å². The van der Waals surface area contributed by atoms with Crippen LogP contribution in [0.2, 0.25) is 10.0 Å². The third-order valence-electron chi connectivity index (χ3n) is 2.94. The van der Waals surface area contributed by atoms with E-state index >= 15 is 0 Å². The second-order valence-electron chi connectivity index (χ2n) is 4.40. The van der Waals surface area contributed by atoms with E-state index in [0.717, 1.165) is 16.6 Å². The van der Waals surface area contributed by atoms with Gasteiger partial charge in [0, 0.05) is 6.07 Å². The van der Waals surface area contributed by atoms with Crippen molar-refractivity contribution in [3.8, 4) is 11.5 Å². The number of aryl methyl sites for hydroxylation is 1. The lowest BCUT2D eigenvalue weighted by atomic mass is 10.2. The Morgan fingerprint density at radius 2 is 1.75 bits per heavy atom. The first-order valence-corrected chi connectivity index (χ1v) is 7.05. The molecule has 3 aromatic rings. The van der Waals surface area contributed by atoms with E-state index < -0.39 is 0 Å². The molecule has 0 aliphatic rings. The molecule has 6 heteroatoms. The summed E-state index contributed by atoms with van der Waals surface area (Å²) in [7, 11) is 0. The number of imidazole rings is 1. The van der Waals surface area contributed by atoms with Crippen molar-refractivity contribution in [3.63, 3.8) is 0 Å². The number of H-pyrrole nitrogens is 2. The minimum absolute atomic E-state index is 0.486. The van der Waals surface area contributed by atoms with Crippen LogP contribution < -0.4 is 4.74 Å². The largest absolute Gasteiger partial charge is 0.454 e. The van der Waals surface area contributed by atoms with Crippen LogP contribution in [0.25, 0.3) is 11.0 Å². The summed E-state index contributed by atoms with van der Waals surface area (Å²) >= 11 is 17.5. The lowest BCUT2D eigenvalue weighted by Gasteiger charge is -2.10. The summed E-state index contributed by atoms with van der Waals surface area (Å²) in [6, 6.07) is 9.16. The van der Waals surface area contributed by atoms with Crippen molar-refractivity contribution in [1.29, 1.82) is 0 Å². The molecule has 0 aliphatic carbocycles. The third-order valence-corrected chi connectivity index (χ3v) is 3.93. The van der Waals surface area contributed by atoms with Crippen LogP contribution in [0.5, 0.6) is 11.5 Å². The Morgan fingerprint density at radius 1 is 1.05 bits per heavy atom. The molecule has 102 valence electrons. The molecule has 2 N–H and O–H groups in total. The Kier molecular flexibility index (Phi) is 3.46. The van der Waals surface area contributed by atoms with E-state index in [1.165, 1.54) is 0 Å². The number of rotatable bonds is 2. The standard InChI is InChI=1S/C14H10Cl2N2OS/c1-7-3-2-4-11(13(7)16)19-12-6-10-9(5-8(12)15)17-14(20)18-10/h2-6H,1H3,(H2,17,18,20). The zero-order chi connectivity index (χ0) is 14.3. The summed E-state index contributed by atoms with van der Waals surface area (Å²) < 4.78 is 6.35. The minimum atomic E-state index is 0.486. The van der Waals surface area contributed by atoms with Gasteiger partial charge in [-0.2, -0.15) is 0 Å². The van der Waals surface area contributed by atoms with Crippen molar-refractivity contribution in [2.45, 2.75) is 6.92 Å². The number of benzene rings is 2. The normalized spacial score (nSPS) is 10.9. The predicted octanol–water partition coefficient (Wildman–Crippen LogP) is 5.63. The summed E-state index contributed by atoms with van der Waals surface area (Å²) in [6.07, 6.45) is 0. The smallest absolute Gasteiger partial charge is 0.175 e. The van der Waals surface area contributed by atoms with Crippen LogP contribution in [0.1, 0.15) is 5.56 Å². The van der Waals surface area contributed by atoms with Gasteiger partial charge in [0.1, 0.15) is 11.5 Å². The van der Waals surface area contributed by atoms with E-state index in [1.807, 2.05) is 19.1 Å². The number of aromatic amines is 2. The van der Waals surface area contributed by atoms with Gasteiger partial charge in [-0.1, -0.05) is 35.3 Å². The molecule has 0 radical (unpaired) electrons. The highest BCUT2D eigenvalue weighted by Gasteiger charge is 2.10. The van der Waals surface area contributed by atoms with Crippen LogP contribution in [0, 0.1) is 11.7 Å². The van der Waals surface area contributed by atoms with Gasteiger partial charge in [0.05, 0.1) is 21.1 Å². The Hall–Kier alpha value is -1.49. The molecule has 0 saturated carbocycles. The van der Waals surface area contributed by atoms with Gasteiger partial charge in [0.2, 0.25) is 0 Å². The van der Waals surface area contributed by atoms with Gasteiger partial charge in [-0.25, -0.2) is 0 Å². The monoisotopic (exact) mass is 324 g/mol. The van der Waals surface area contributed by atoms with Crippen molar-refractivity contribution in [1.82, 2.24) is 9.97 Å². The highest BCUT2D eigenvalue weighted by atomic mass is 35.5. The fourth-order valence-corrected chi connectivity index (χ4v) is 2.52. The fourth-order valence-electron chi connectivity index (χ4n) is 1.93. The van der Waals surface area contributed by atoms with Crippen molar-refractivity contribution in [3.05, 3.63) is 50.7 Å². The first kappa shape index (κ1) is 13.5. The molecule has 0 bridgehead atoms. The zero-order valence-electron chi connectivity index (χ0n) is 10.5. The Balaban J connectivity index is 2.08. The lowest BCUT2D eigenvalue weighted by Crippen LogP contribution is -1.88. The van der Waals surface area contributed by atoms with Crippen molar-refractivity contribution in [2.24, 2.45) is 0 Å². The summed E-state index contributed by atoms with van der Waals surface area (Å²) in [5.41, 5.74) is 2.61. The van der Waals surface area contributed by atoms with Gasteiger partial charge in [-0.15, -0.1) is 0 Å². The molecule has 2 aromatic carbocycles. The summed E-state index contributed by atoms with van der Waals surface area (Å²) in [5.74, 6) is 1.10. The number of ether oxygens (including phenoxy) is 1. The van der Waals surface area contributed by atoms with Crippen LogP contribution in [0.3, 0.4) is 0 Å². The first-order valence-electron chi connectivity index (χ1n) is 5.89. The topological polar surface area (TPSA) is 40.8 Å². The van der Waals surface area contributed by atoms with Crippen LogP contribution in [0.4, 0.5) is 0 Å². The predicted molar refractivity (Wildman–Crippen MR) is 84.8 cm³/mol. The maximum atomic E-state index is 6.22. The number of halogens is 2. The Labute approximate surface area is 130 Å². The molecule has 0 spiro atoms. The van der Waals surface area contributed by atoms with Crippen molar-refractivity contribution < 1.29 is 4.74 Å². The van der Waals surface area contributed by atoms with Gasteiger partial charge in [-0.05, 0) is 36.8 Å². The Bertz CT molecular complexity index is 854. The molecule has 3 rings (SSSR count). The highest BCUT2D eigenvalue weighted by molar-refractivity contribution is 7.71. The summed E-state index contributed by atoms with van der Waals surface area (Å²) in [6.45, 7) is 1.92. The molecule has 20 heavy (non-hydrogen) atoms. The molecule has 0 amide bonds. The number of hydrogen-bond donors (Lipinski definition) is 2. The summed E-state index contributed by atoms with van der Waals surface area (Å²) in [4.78, 5) is 6.03. The molecule has 0 atom stereocenters. The number of fused-ring (bicyclic) bond motifs is 1. The molecular formula is C14H10Cl2N2OS. The fraction of sp³-hybridized carbons (Fsp3) is 0.0714. The second kappa shape index (κ2) is 5.13. The van der Waals surface area contributed by atoms with E-state index in [4.69, 9.17) is 40.2 Å². The van der Waals surface area contributed by atoms with E-state index in [9.17, 15) is 0 Å². The number of aromatic nitrogens is 2. The van der Waals surface area contributed by atoms with Crippen molar-refractivity contribution in [2.75, 3.05) is 0 Å². The number of hydrogen-bond acceptors (Lipinski definition) is 2. The second-order valence-corrected chi connectivity index (χ2v) is 5.59.